The minimum absolute atomic E-state index is 0. The Kier molecular flexibility index (Phi) is 7.58. The second-order valence-corrected chi connectivity index (χ2v) is 3.37. The summed E-state index contributed by atoms with van der Waals surface area (Å²) >= 11 is 0. The minimum atomic E-state index is -0.609. The van der Waals surface area contributed by atoms with Crippen molar-refractivity contribution >= 4 is 49.7 Å². The molecule has 0 unspecified atom stereocenters. The van der Waals surface area contributed by atoms with Crippen molar-refractivity contribution in [1.82, 2.24) is 4.90 Å². The van der Waals surface area contributed by atoms with Gasteiger partial charge in [-0.05, 0) is 26.2 Å². The van der Waals surface area contributed by atoms with E-state index in [9.17, 15) is 9.59 Å². The van der Waals surface area contributed by atoms with Gasteiger partial charge in [0.25, 0.3) is 0 Å². The van der Waals surface area contributed by atoms with Gasteiger partial charge in [0.2, 0.25) is 0 Å². The van der Waals surface area contributed by atoms with Crippen LogP contribution in [-0.2, 0) is 9.53 Å². The summed E-state index contributed by atoms with van der Waals surface area (Å²) < 4.78 is 4.63. The van der Waals surface area contributed by atoms with Gasteiger partial charge in [-0.25, -0.2) is 4.79 Å². The predicted octanol–water partition coefficient (Wildman–Crippen LogP) is 0.0154. The Hall–Kier alpha value is -0.420. The van der Waals surface area contributed by atoms with Crippen LogP contribution in [0.5, 0.6) is 0 Å². The molecule has 0 saturated carbocycles. The van der Waals surface area contributed by atoms with Crippen LogP contribution >= 0.6 is 0 Å². The average molecular weight is 249 g/mol. The Morgan fingerprint density at radius 1 is 1.19 bits per heavy atom. The molecule has 1 aromatic carbocycles. The number of rotatable bonds is 3. The van der Waals surface area contributed by atoms with E-state index >= 15 is 0 Å². The fourth-order valence-corrected chi connectivity index (χ4v) is 1.03. The van der Waals surface area contributed by atoms with E-state index in [1.165, 1.54) is 0 Å². The van der Waals surface area contributed by atoms with E-state index in [1.807, 2.05) is 0 Å². The maximum absolute atomic E-state index is 11.4. The monoisotopic (exact) mass is 249 g/mol. The van der Waals surface area contributed by atoms with Crippen molar-refractivity contribution in [3.05, 3.63) is 35.9 Å². The maximum atomic E-state index is 11.4. The number of likely N-dealkylation sites (N-methyl/N-ethyl adjacent to an activating group) is 1. The molecule has 0 spiro atoms. The van der Waals surface area contributed by atoms with Crippen LogP contribution in [0.4, 0.5) is 0 Å². The van der Waals surface area contributed by atoms with Crippen molar-refractivity contribution in [2.24, 2.45) is 0 Å². The van der Waals surface area contributed by atoms with Crippen LogP contribution in [0, 0.1) is 0 Å². The van der Waals surface area contributed by atoms with Gasteiger partial charge in [-0.2, -0.15) is 0 Å². The molecule has 0 atom stereocenters. The summed E-state index contributed by atoms with van der Waals surface area (Å²) in [4.78, 5) is 24.2. The quantitative estimate of drug-likeness (QED) is 0.430. The van der Waals surface area contributed by atoms with E-state index in [0.29, 0.717) is 5.56 Å². The number of benzene rings is 1. The van der Waals surface area contributed by atoms with Crippen LogP contribution in [0.1, 0.15) is 10.4 Å². The fraction of sp³-hybridized carbons (Fsp3) is 0.273. The first kappa shape index (κ1) is 15.6. The molecule has 0 bridgehead atoms. The molecule has 5 heteroatoms. The number of esters is 2. The van der Waals surface area contributed by atoms with Gasteiger partial charge in [-0.1, -0.05) is 18.2 Å². The Morgan fingerprint density at radius 3 is 2.25 bits per heavy atom. The van der Waals surface area contributed by atoms with Crippen molar-refractivity contribution in [1.29, 1.82) is 0 Å². The number of hydrogen-bond acceptors (Lipinski definition) is 4. The molecule has 0 N–H and O–H groups in total. The summed E-state index contributed by atoms with van der Waals surface area (Å²) in [6.45, 7) is 0.0958. The molecule has 84 valence electrons. The second-order valence-electron chi connectivity index (χ2n) is 3.37. The van der Waals surface area contributed by atoms with Crippen LogP contribution in [-0.4, -0.2) is 75.2 Å². The van der Waals surface area contributed by atoms with Gasteiger partial charge >= 0.3 is 49.7 Å². The summed E-state index contributed by atoms with van der Waals surface area (Å²) in [5, 5.41) is 0. The second kappa shape index (κ2) is 7.79. The average Bonchev–Trinajstić information content (AvgIpc) is 2.17. The van der Waals surface area contributed by atoms with Crippen LogP contribution in [0.3, 0.4) is 0 Å². The summed E-state index contributed by atoms with van der Waals surface area (Å²) in [5.74, 6) is -1.16. The molecule has 0 radical (unpaired) electrons. The topological polar surface area (TPSA) is 46.6 Å². The van der Waals surface area contributed by atoms with Crippen molar-refractivity contribution in [3.8, 4) is 0 Å². The third kappa shape index (κ3) is 5.61. The summed E-state index contributed by atoms with van der Waals surface area (Å²) in [7, 11) is 3.46. The van der Waals surface area contributed by atoms with E-state index in [-0.39, 0.29) is 44.3 Å². The van der Waals surface area contributed by atoms with Crippen LogP contribution in [0.25, 0.3) is 0 Å². The van der Waals surface area contributed by atoms with Crippen molar-refractivity contribution in [2.45, 2.75) is 0 Å². The zero-order valence-electron chi connectivity index (χ0n) is 8.77. The van der Waals surface area contributed by atoms with Crippen molar-refractivity contribution in [3.63, 3.8) is 0 Å². The van der Waals surface area contributed by atoms with Crippen LogP contribution < -0.4 is 0 Å². The molecule has 0 heterocycles. The molecule has 1 rings (SSSR count). The Bertz CT molecular complexity index is 352. The Balaban J connectivity index is 0.00000225. The van der Waals surface area contributed by atoms with Gasteiger partial charge in [-0.3, -0.25) is 9.69 Å². The van der Waals surface area contributed by atoms with Crippen molar-refractivity contribution < 1.29 is 14.3 Å². The summed E-state index contributed by atoms with van der Waals surface area (Å²) in [5.41, 5.74) is 0.379. The molecular formula is C11H15CaNO3. The van der Waals surface area contributed by atoms with Crippen molar-refractivity contribution in [2.75, 3.05) is 20.6 Å². The normalized spacial score (nSPS) is 9.44. The molecular weight excluding hydrogens is 234 g/mol. The molecule has 0 aromatic heterocycles. The molecule has 16 heavy (non-hydrogen) atoms. The molecule has 1 aromatic rings. The van der Waals surface area contributed by atoms with Crippen LogP contribution in [0.2, 0.25) is 0 Å². The number of ether oxygens (including phenoxy) is 1. The molecule has 0 aliphatic carbocycles. The molecule has 0 fully saturated rings. The number of carbonyl (C=O) groups is 2. The first-order chi connectivity index (χ1) is 7.09. The molecule has 0 aliphatic heterocycles. The third-order valence-electron chi connectivity index (χ3n) is 1.66. The molecule has 0 aliphatic rings. The van der Waals surface area contributed by atoms with Gasteiger partial charge in [0.05, 0.1) is 12.1 Å². The predicted molar refractivity (Wildman–Crippen MR) is 64.0 cm³/mol. The van der Waals surface area contributed by atoms with E-state index < -0.39 is 11.9 Å². The summed E-state index contributed by atoms with van der Waals surface area (Å²) in [6, 6.07) is 8.43. The third-order valence-corrected chi connectivity index (χ3v) is 1.66. The molecule has 4 nitrogen and oxygen atoms in total. The van der Waals surface area contributed by atoms with E-state index in [2.05, 4.69) is 4.74 Å². The first-order valence-electron chi connectivity index (χ1n) is 4.54. The zero-order valence-corrected chi connectivity index (χ0v) is 8.77. The van der Waals surface area contributed by atoms with Crippen LogP contribution in [0.15, 0.2) is 30.3 Å². The SMILES string of the molecule is CN(C)CC(=O)OC(=O)c1ccccc1.[CaH2]. The fourth-order valence-electron chi connectivity index (χ4n) is 1.03. The van der Waals surface area contributed by atoms with Gasteiger partial charge in [0.15, 0.2) is 0 Å². The molecule has 0 saturated heterocycles. The van der Waals surface area contributed by atoms with Gasteiger partial charge in [0.1, 0.15) is 0 Å². The number of carbonyl (C=O) groups excluding carboxylic acids is 2. The standard InChI is InChI=1S/C11H13NO3.Ca.2H/c1-12(2)8-10(13)15-11(14)9-6-4-3-5-7-9;;;/h3-7H,8H2,1-2H3;;;. The first-order valence-corrected chi connectivity index (χ1v) is 4.54. The van der Waals surface area contributed by atoms with E-state index in [1.54, 1.807) is 49.3 Å². The number of nitrogens with zero attached hydrogens (tertiary/aromatic N) is 1. The van der Waals surface area contributed by atoms with E-state index in [4.69, 9.17) is 0 Å². The summed E-state index contributed by atoms with van der Waals surface area (Å²) in [6.07, 6.45) is 0. The number of hydrogen-bond donors (Lipinski definition) is 0. The van der Waals surface area contributed by atoms with Gasteiger partial charge in [-0.15, -0.1) is 0 Å². The Labute approximate surface area is 125 Å². The van der Waals surface area contributed by atoms with Gasteiger partial charge < -0.3 is 4.74 Å². The molecule has 0 amide bonds. The van der Waals surface area contributed by atoms with Gasteiger partial charge in [0, 0.05) is 0 Å². The zero-order chi connectivity index (χ0) is 11.3. The Morgan fingerprint density at radius 2 is 1.75 bits per heavy atom. The van der Waals surface area contributed by atoms with E-state index in [0.717, 1.165) is 0 Å².